The Balaban J connectivity index is 1.64. The van der Waals surface area contributed by atoms with Crippen LogP contribution in [0.2, 0.25) is 5.02 Å². The van der Waals surface area contributed by atoms with Crippen LogP contribution in [0, 0.1) is 5.92 Å². The molecule has 0 aromatic carbocycles. The summed E-state index contributed by atoms with van der Waals surface area (Å²) in [6.45, 7) is 5.97. The number of alkyl halides is 1. The van der Waals surface area contributed by atoms with Gasteiger partial charge in [0.1, 0.15) is 6.17 Å². The van der Waals surface area contributed by atoms with Crippen molar-refractivity contribution in [1.29, 1.82) is 0 Å². The summed E-state index contributed by atoms with van der Waals surface area (Å²) < 4.78 is 15.8. The van der Waals surface area contributed by atoms with Crippen LogP contribution >= 0.6 is 11.6 Å². The van der Waals surface area contributed by atoms with Crippen molar-refractivity contribution in [1.82, 2.24) is 25.1 Å². The maximum atomic E-state index is 14.2. The number of aliphatic hydroxyl groups is 2. The number of anilines is 1. The Labute approximate surface area is 214 Å². The second kappa shape index (κ2) is 9.91. The highest BCUT2D eigenvalue weighted by Crippen LogP contribution is 2.36. The summed E-state index contributed by atoms with van der Waals surface area (Å²) in [4.78, 5) is 21.8. The molecule has 3 heterocycles. The fraction of sp³-hybridized carbons (Fsp3) is 0.520. The Morgan fingerprint density at radius 1 is 1.19 bits per heavy atom. The van der Waals surface area contributed by atoms with Gasteiger partial charge in [0.15, 0.2) is 11.5 Å². The van der Waals surface area contributed by atoms with Crippen LogP contribution in [0.4, 0.5) is 10.1 Å². The van der Waals surface area contributed by atoms with Gasteiger partial charge in [0.05, 0.1) is 40.2 Å². The fourth-order valence-electron chi connectivity index (χ4n) is 4.42. The monoisotopic (exact) mass is 518 g/mol. The molecule has 3 atom stereocenters. The quantitative estimate of drug-likeness (QED) is 0.358. The Morgan fingerprint density at radius 2 is 1.94 bits per heavy atom. The van der Waals surface area contributed by atoms with Gasteiger partial charge in [-0.1, -0.05) is 11.6 Å². The maximum Gasteiger partial charge on any atom is 0.255 e. The number of aromatic nitrogens is 4. The number of nitrogens with one attached hydrogen (secondary N) is 2. The maximum absolute atomic E-state index is 14.2. The topological polar surface area (TPSA) is 125 Å². The summed E-state index contributed by atoms with van der Waals surface area (Å²) in [5, 5.41) is 31.9. The Hall–Kier alpha value is -2.82. The molecule has 11 heteroatoms. The normalized spacial score (nSPS) is 19.4. The second-order valence-corrected chi connectivity index (χ2v) is 11.0. The van der Waals surface area contributed by atoms with Gasteiger partial charge in [-0.2, -0.15) is 9.78 Å². The summed E-state index contributed by atoms with van der Waals surface area (Å²) in [6, 6.07) is 3.48. The summed E-state index contributed by atoms with van der Waals surface area (Å²) >= 11 is 6.04. The van der Waals surface area contributed by atoms with Crippen molar-refractivity contribution in [3.05, 3.63) is 41.3 Å². The van der Waals surface area contributed by atoms with Crippen LogP contribution in [-0.4, -0.2) is 65.8 Å². The number of hydrogen-bond donors (Lipinski definition) is 4. The molecule has 3 aromatic rings. The molecule has 1 unspecified atom stereocenters. The molecule has 1 aliphatic carbocycles. The lowest BCUT2D eigenvalue weighted by atomic mass is 9.89. The van der Waals surface area contributed by atoms with Crippen molar-refractivity contribution in [2.45, 2.75) is 70.4 Å². The summed E-state index contributed by atoms with van der Waals surface area (Å²) in [5.41, 5.74) is -1.07. The van der Waals surface area contributed by atoms with Crippen LogP contribution in [0.15, 0.2) is 30.7 Å². The van der Waals surface area contributed by atoms with Crippen molar-refractivity contribution in [2.24, 2.45) is 5.92 Å². The van der Waals surface area contributed by atoms with Gasteiger partial charge in [0.25, 0.3) is 5.91 Å². The van der Waals surface area contributed by atoms with E-state index in [2.05, 4.69) is 25.7 Å². The van der Waals surface area contributed by atoms with Gasteiger partial charge in [-0.3, -0.25) is 4.79 Å². The molecule has 0 spiro atoms. The van der Waals surface area contributed by atoms with Crippen LogP contribution in [0.5, 0.6) is 0 Å². The van der Waals surface area contributed by atoms with E-state index < -0.39 is 23.3 Å². The number of pyridine rings is 2. The number of halogens is 2. The molecule has 194 valence electrons. The predicted octanol–water partition coefficient (Wildman–Crippen LogP) is 3.66. The van der Waals surface area contributed by atoms with Crippen LogP contribution in [-0.2, 0) is 0 Å². The number of nitrogens with zero attached hydrogens (tertiary/aromatic N) is 4. The first kappa shape index (κ1) is 26.2. The van der Waals surface area contributed by atoms with E-state index in [0.717, 1.165) is 24.6 Å². The minimum atomic E-state index is -1.64. The first-order valence-corrected chi connectivity index (χ1v) is 12.3. The van der Waals surface area contributed by atoms with E-state index in [1.54, 1.807) is 23.0 Å². The predicted molar refractivity (Wildman–Crippen MR) is 136 cm³/mol. The number of carbonyl (C=O) groups excluding carboxylic acids is 1. The molecule has 1 amide bonds. The molecular formula is C25H32ClFN6O3. The zero-order chi connectivity index (χ0) is 26.3. The Morgan fingerprint density at radius 3 is 2.61 bits per heavy atom. The summed E-state index contributed by atoms with van der Waals surface area (Å²) in [5.74, 6) is 0.0446. The molecule has 0 saturated heterocycles. The van der Waals surface area contributed by atoms with E-state index in [1.807, 2.05) is 13.8 Å². The lowest BCUT2D eigenvalue weighted by Gasteiger charge is -2.26. The average molecular weight is 519 g/mol. The molecule has 0 bridgehead atoms. The highest BCUT2D eigenvalue weighted by molar-refractivity contribution is 6.31. The third kappa shape index (κ3) is 5.77. The molecule has 4 rings (SSSR count). The number of fused-ring (bicyclic) bond motifs is 1. The van der Waals surface area contributed by atoms with Crippen LogP contribution in [0.1, 0.15) is 57.3 Å². The largest absolute Gasteiger partial charge is 0.390 e. The van der Waals surface area contributed by atoms with E-state index in [1.165, 1.54) is 26.2 Å². The van der Waals surface area contributed by atoms with Crippen molar-refractivity contribution in [3.63, 3.8) is 0 Å². The minimum Gasteiger partial charge on any atom is -0.390 e. The first-order chi connectivity index (χ1) is 16.8. The highest BCUT2D eigenvalue weighted by atomic mass is 35.5. The molecule has 3 aromatic heterocycles. The van der Waals surface area contributed by atoms with Gasteiger partial charge in [0, 0.05) is 29.9 Å². The van der Waals surface area contributed by atoms with Crippen LogP contribution < -0.4 is 10.6 Å². The van der Waals surface area contributed by atoms with Crippen molar-refractivity contribution in [3.8, 4) is 5.82 Å². The van der Waals surface area contributed by atoms with Gasteiger partial charge in [0.2, 0.25) is 0 Å². The van der Waals surface area contributed by atoms with Gasteiger partial charge in [-0.15, -0.1) is 0 Å². The SMILES string of the molecule is CC(C)(O)C(F)CNC(=O)c1cnc(-n2ncc3cc(Cl)cnc32)cc1N[C@H]1CC[C@H](C(C)(C)O)C1. The van der Waals surface area contributed by atoms with E-state index in [4.69, 9.17) is 11.6 Å². The van der Waals surface area contributed by atoms with E-state index in [0.29, 0.717) is 22.2 Å². The van der Waals surface area contributed by atoms with Gasteiger partial charge < -0.3 is 20.8 Å². The van der Waals surface area contributed by atoms with Crippen LogP contribution in [0.3, 0.4) is 0 Å². The molecule has 0 radical (unpaired) electrons. The van der Waals surface area contributed by atoms with Crippen LogP contribution in [0.25, 0.3) is 16.9 Å². The molecular weight excluding hydrogens is 487 g/mol. The van der Waals surface area contributed by atoms with Gasteiger partial charge in [-0.05, 0) is 58.9 Å². The van der Waals surface area contributed by atoms with E-state index >= 15 is 0 Å². The molecule has 36 heavy (non-hydrogen) atoms. The number of carbonyl (C=O) groups is 1. The molecule has 1 fully saturated rings. The smallest absolute Gasteiger partial charge is 0.255 e. The minimum absolute atomic E-state index is 0.0276. The van der Waals surface area contributed by atoms with Gasteiger partial charge >= 0.3 is 0 Å². The molecule has 9 nitrogen and oxygen atoms in total. The zero-order valence-corrected chi connectivity index (χ0v) is 21.6. The van der Waals surface area contributed by atoms with Crippen molar-refractivity contribution >= 4 is 34.2 Å². The Kier molecular flexibility index (Phi) is 7.23. The number of hydrogen-bond acceptors (Lipinski definition) is 7. The summed E-state index contributed by atoms with van der Waals surface area (Å²) in [6.07, 6.45) is 5.34. The highest BCUT2D eigenvalue weighted by Gasteiger charge is 2.35. The third-order valence-corrected chi connectivity index (χ3v) is 6.93. The molecule has 1 aliphatic rings. The van der Waals surface area contributed by atoms with Crippen molar-refractivity contribution < 1.29 is 19.4 Å². The lowest BCUT2D eigenvalue weighted by Crippen LogP contribution is -2.42. The second-order valence-electron chi connectivity index (χ2n) is 10.5. The Bertz CT molecular complexity index is 1250. The van der Waals surface area contributed by atoms with Crippen molar-refractivity contribution in [2.75, 3.05) is 11.9 Å². The fourth-order valence-corrected chi connectivity index (χ4v) is 4.59. The zero-order valence-electron chi connectivity index (χ0n) is 20.8. The average Bonchev–Trinajstić information content (AvgIpc) is 3.43. The number of amides is 1. The number of rotatable bonds is 8. The van der Waals surface area contributed by atoms with E-state index in [-0.39, 0.29) is 24.1 Å². The van der Waals surface area contributed by atoms with Gasteiger partial charge in [-0.25, -0.2) is 14.4 Å². The molecule has 0 aliphatic heterocycles. The third-order valence-electron chi connectivity index (χ3n) is 6.73. The molecule has 4 N–H and O–H groups in total. The standard InChI is InChI=1S/C25H32ClFN6O3/c1-24(2,35)15-5-6-17(8-15)32-19-9-21(33-22-14(10-31-33)7-16(26)11-29-22)28-12-18(19)23(34)30-13-20(27)25(3,4)36/h7,9-12,15,17,20,35-36H,5-6,8,13H2,1-4H3,(H,28,32)(H,30,34)/t15-,17-,20?/m0/s1. The van der Waals surface area contributed by atoms with E-state index in [9.17, 15) is 19.4 Å². The first-order valence-electron chi connectivity index (χ1n) is 12.0. The molecule has 1 saturated carbocycles. The summed E-state index contributed by atoms with van der Waals surface area (Å²) in [7, 11) is 0. The lowest BCUT2D eigenvalue weighted by molar-refractivity contribution is -0.00178.